The number of rotatable bonds is 6. The molecule has 1 rings (SSSR count). The highest BCUT2D eigenvalue weighted by Gasteiger charge is 2.17. The van der Waals surface area contributed by atoms with Crippen LogP contribution in [0.1, 0.15) is 52.1 Å². The van der Waals surface area contributed by atoms with Gasteiger partial charge in [-0.2, -0.15) is 0 Å². The molecule has 1 aromatic carbocycles. The van der Waals surface area contributed by atoms with Crippen LogP contribution in [0, 0.1) is 17.6 Å². The van der Waals surface area contributed by atoms with Gasteiger partial charge in [-0.05, 0) is 44.7 Å². The first-order valence-electron chi connectivity index (χ1n) is 6.61. The van der Waals surface area contributed by atoms with Crippen LogP contribution in [0.2, 0.25) is 0 Å². The van der Waals surface area contributed by atoms with Crippen LogP contribution in [0.4, 0.5) is 8.78 Å². The van der Waals surface area contributed by atoms with Gasteiger partial charge in [0.05, 0.1) is 0 Å². The molecule has 0 radical (unpaired) electrons. The number of benzene rings is 1. The predicted molar refractivity (Wildman–Crippen MR) is 71.4 cm³/mol. The van der Waals surface area contributed by atoms with Crippen LogP contribution in [0.5, 0.6) is 0 Å². The van der Waals surface area contributed by atoms with Gasteiger partial charge in [-0.3, -0.25) is 0 Å². The zero-order valence-corrected chi connectivity index (χ0v) is 11.6. The van der Waals surface area contributed by atoms with Gasteiger partial charge in [0.15, 0.2) is 0 Å². The van der Waals surface area contributed by atoms with E-state index in [0.717, 1.165) is 12.8 Å². The van der Waals surface area contributed by atoms with E-state index in [1.165, 1.54) is 18.2 Å². The van der Waals surface area contributed by atoms with Crippen molar-refractivity contribution in [1.29, 1.82) is 0 Å². The first kappa shape index (κ1) is 15.1. The van der Waals surface area contributed by atoms with Gasteiger partial charge in [0.25, 0.3) is 0 Å². The maximum Gasteiger partial charge on any atom is 0.130 e. The van der Waals surface area contributed by atoms with Crippen LogP contribution in [0.25, 0.3) is 0 Å². The molecule has 2 atom stereocenters. The molecule has 102 valence electrons. The Labute approximate surface area is 109 Å². The van der Waals surface area contributed by atoms with Crippen LogP contribution < -0.4 is 5.32 Å². The van der Waals surface area contributed by atoms with Crippen LogP contribution in [0.15, 0.2) is 18.2 Å². The normalized spacial score (nSPS) is 14.8. The van der Waals surface area contributed by atoms with Crippen molar-refractivity contribution < 1.29 is 8.78 Å². The third kappa shape index (κ3) is 4.37. The summed E-state index contributed by atoms with van der Waals surface area (Å²) in [7, 11) is 0. The number of halogens is 2. The predicted octanol–water partition coefficient (Wildman–Crippen LogP) is 4.44. The summed E-state index contributed by atoms with van der Waals surface area (Å²) < 4.78 is 27.2. The van der Waals surface area contributed by atoms with Gasteiger partial charge in [-0.25, -0.2) is 8.78 Å². The molecule has 0 aromatic heterocycles. The minimum atomic E-state index is -0.481. The van der Waals surface area contributed by atoms with Crippen molar-refractivity contribution in [2.45, 2.75) is 52.6 Å². The summed E-state index contributed by atoms with van der Waals surface area (Å²) in [5, 5.41) is 3.25. The van der Waals surface area contributed by atoms with E-state index in [9.17, 15) is 8.78 Å². The Morgan fingerprint density at radius 2 is 1.56 bits per heavy atom. The highest BCUT2D eigenvalue weighted by Crippen LogP contribution is 2.21. The number of hydrogen-bond acceptors (Lipinski definition) is 1. The molecular weight excluding hydrogens is 232 g/mol. The Balaban J connectivity index is 2.62. The molecule has 1 aromatic rings. The number of hydrogen-bond donors (Lipinski definition) is 1. The third-order valence-corrected chi connectivity index (χ3v) is 3.14. The minimum absolute atomic E-state index is 0.133. The lowest BCUT2D eigenvalue weighted by Crippen LogP contribution is -2.30. The number of nitrogens with one attached hydrogen (secondary N) is 1. The van der Waals surface area contributed by atoms with Crippen molar-refractivity contribution in [2.24, 2.45) is 5.92 Å². The molecule has 0 spiro atoms. The average Bonchev–Trinajstić information content (AvgIpc) is 2.26. The van der Waals surface area contributed by atoms with Crippen LogP contribution >= 0.6 is 0 Å². The second-order valence-corrected chi connectivity index (χ2v) is 5.40. The van der Waals surface area contributed by atoms with Crippen LogP contribution in [-0.2, 0) is 0 Å². The van der Waals surface area contributed by atoms with E-state index in [1.807, 2.05) is 0 Å². The van der Waals surface area contributed by atoms with Gasteiger partial charge < -0.3 is 5.32 Å². The second-order valence-electron chi connectivity index (χ2n) is 5.40. The molecule has 3 heteroatoms. The maximum atomic E-state index is 13.6. The molecule has 0 heterocycles. The van der Waals surface area contributed by atoms with Crippen molar-refractivity contribution in [3.8, 4) is 0 Å². The van der Waals surface area contributed by atoms with Gasteiger partial charge in [0.1, 0.15) is 11.6 Å². The molecular formula is C15H23F2N. The Kier molecular flexibility index (Phi) is 5.73. The van der Waals surface area contributed by atoms with Gasteiger partial charge in [-0.1, -0.05) is 19.9 Å². The summed E-state index contributed by atoms with van der Waals surface area (Å²) in [5.74, 6) is -0.313. The monoisotopic (exact) mass is 255 g/mol. The van der Waals surface area contributed by atoms with E-state index in [1.54, 1.807) is 6.92 Å². The Morgan fingerprint density at radius 1 is 1.00 bits per heavy atom. The van der Waals surface area contributed by atoms with Crippen molar-refractivity contribution in [2.75, 3.05) is 0 Å². The summed E-state index contributed by atoms with van der Waals surface area (Å²) in [6, 6.07) is 3.93. The zero-order chi connectivity index (χ0) is 13.7. The molecule has 2 unspecified atom stereocenters. The van der Waals surface area contributed by atoms with Crippen molar-refractivity contribution in [1.82, 2.24) is 5.32 Å². The molecule has 0 aliphatic heterocycles. The highest BCUT2D eigenvalue weighted by molar-refractivity contribution is 5.22. The molecule has 1 N–H and O–H groups in total. The first-order chi connectivity index (χ1) is 8.41. The SMILES string of the molecule is CC(C)CCC(C)NC(C)c1c(F)cccc1F. The molecule has 0 saturated carbocycles. The Bertz CT molecular complexity index is 357. The van der Waals surface area contributed by atoms with E-state index in [0.29, 0.717) is 5.92 Å². The Hall–Kier alpha value is -0.960. The summed E-state index contributed by atoms with van der Waals surface area (Å²) in [4.78, 5) is 0. The lowest BCUT2D eigenvalue weighted by atomic mass is 10.0. The smallest absolute Gasteiger partial charge is 0.130 e. The van der Waals surface area contributed by atoms with Crippen molar-refractivity contribution in [3.05, 3.63) is 35.4 Å². The first-order valence-corrected chi connectivity index (χ1v) is 6.61. The van der Waals surface area contributed by atoms with E-state index < -0.39 is 11.6 Å². The summed E-state index contributed by atoms with van der Waals surface area (Å²) in [5.41, 5.74) is 0.133. The lowest BCUT2D eigenvalue weighted by molar-refractivity contribution is 0.400. The molecule has 0 aliphatic carbocycles. The minimum Gasteiger partial charge on any atom is -0.308 e. The fourth-order valence-corrected chi connectivity index (χ4v) is 2.10. The van der Waals surface area contributed by atoms with Gasteiger partial charge in [0.2, 0.25) is 0 Å². The van der Waals surface area contributed by atoms with Gasteiger partial charge >= 0.3 is 0 Å². The molecule has 0 bridgehead atoms. The molecule has 0 fully saturated rings. The van der Waals surface area contributed by atoms with E-state index in [4.69, 9.17) is 0 Å². The van der Waals surface area contributed by atoms with Crippen molar-refractivity contribution >= 4 is 0 Å². The molecule has 18 heavy (non-hydrogen) atoms. The Morgan fingerprint density at radius 3 is 2.06 bits per heavy atom. The summed E-state index contributed by atoms with van der Waals surface area (Å²) in [6.45, 7) is 8.20. The van der Waals surface area contributed by atoms with Crippen LogP contribution in [-0.4, -0.2) is 6.04 Å². The zero-order valence-electron chi connectivity index (χ0n) is 11.6. The van der Waals surface area contributed by atoms with Crippen LogP contribution in [0.3, 0.4) is 0 Å². The standard InChI is InChI=1S/C15H23F2N/c1-10(2)8-9-11(3)18-12(4)15-13(16)6-5-7-14(15)17/h5-7,10-12,18H,8-9H2,1-4H3. The quantitative estimate of drug-likeness (QED) is 0.792. The average molecular weight is 255 g/mol. The summed E-state index contributed by atoms with van der Waals surface area (Å²) in [6.07, 6.45) is 2.12. The highest BCUT2D eigenvalue weighted by atomic mass is 19.1. The van der Waals surface area contributed by atoms with Gasteiger partial charge in [-0.15, -0.1) is 0 Å². The fourth-order valence-electron chi connectivity index (χ4n) is 2.10. The van der Waals surface area contributed by atoms with Crippen molar-refractivity contribution in [3.63, 3.8) is 0 Å². The van der Waals surface area contributed by atoms with Gasteiger partial charge in [0, 0.05) is 17.6 Å². The molecule has 0 amide bonds. The van der Waals surface area contributed by atoms with E-state index in [2.05, 4.69) is 26.1 Å². The summed E-state index contributed by atoms with van der Waals surface area (Å²) >= 11 is 0. The molecule has 0 saturated heterocycles. The lowest BCUT2D eigenvalue weighted by Gasteiger charge is -2.21. The second kappa shape index (κ2) is 6.83. The maximum absolute atomic E-state index is 13.6. The fraction of sp³-hybridized carbons (Fsp3) is 0.600. The topological polar surface area (TPSA) is 12.0 Å². The molecule has 1 nitrogen and oxygen atoms in total. The largest absolute Gasteiger partial charge is 0.308 e. The van der Waals surface area contributed by atoms with E-state index >= 15 is 0 Å². The van der Waals surface area contributed by atoms with E-state index in [-0.39, 0.29) is 17.6 Å². The molecule has 0 aliphatic rings. The third-order valence-electron chi connectivity index (χ3n) is 3.14.